The van der Waals surface area contributed by atoms with Gasteiger partial charge in [0, 0.05) is 25.4 Å². The summed E-state index contributed by atoms with van der Waals surface area (Å²) >= 11 is 0. The van der Waals surface area contributed by atoms with Crippen molar-refractivity contribution < 1.29 is 27.4 Å². The Morgan fingerprint density at radius 2 is 2.10 bits per heavy atom. The molecule has 5 nitrogen and oxygen atoms in total. The van der Waals surface area contributed by atoms with Crippen molar-refractivity contribution in [2.24, 2.45) is 5.73 Å². The standard InChI is InChI=1S/C12H15F3N2O3.ClH/c1-19-10(7-16)6-11(18)17-8-3-2-4-9(5-8)20-12(13,14)15;/h2-5,10H,6-7,16H2,1H3,(H,17,18);1H. The van der Waals surface area contributed by atoms with Crippen LogP contribution in [0.5, 0.6) is 5.75 Å². The van der Waals surface area contributed by atoms with Crippen LogP contribution in [-0.4, -0.2) is 32.0 Å². The summed E-state index contributed by atoms with van der Waals surface area (Å²) in [6.45, 7) is 0.168. The molecule has 0 radical (unpaired) electrons. The molecule has 0 aliphatic carbocycles. The summed E-state index contributed by atoms with van der Waals surface area (Å²) in [6.07, 6.45) is -5.20. The first-order valence-electron chi connectivity index (χ1n) is 5.72. The number of hydrogen-bond acceptors (Lipinski definition) is 4. The summed E-state index contributed by atoms with van der Waals surface area (Å²) in [6, 6.07) is 5.01. The van der Waals surface area contributed by atoms with Gasteiger partial charge >= 0.3 is 6.36 Å². The largest absolute Gasteiger partial charge is 0.573 e. The maximum Gasteiger partial charge on any atom is 0.573 e. The fourth-order valence-electron chi connectivity index (χ4n) is 1.45. The Labute approximate surface area is 126 Å². The highest BCUT2D eigenvalue weighted by Gasteiger charge is 2.31. The summed E-state index contributed by atoms with van der Waals surface area (Å²) in [4.78, 5) is 11.6. The zero-order valence-electron chi connectivity index (χ0n) is 11.1. The van der Waals surface area contributed by atoms with Gasteiger partial charge in [0.05, 0.1) is 12.5 Å². The molecule has 0 aromatic heterocycles. The fourth-order valence-corrected chi connectivity index (χ4v) is 1.45. The van der Waals surface area contributed by atoms with Crippen LogP contribution < -0.4 is 15.8 Å². The highest BCUT2D eigenvalue weighted by molar-refractivity contribution is 5.91. The van der Waals surface area contributed by atoms with E-state index >= 15 is 0 Å². The Kier molecular flexibility index (Phi) is 8.08. The van der Waals surface area contributed by atoms with Crippen molar-refractivity contribution in [3.63, 3.8) is 0 Å². The van der Waals surface area contributed by atoms with E-state index in [4.69, 9.17) is 10.5 Å². The van der Waals surface area contributed by atoms with Crippen LogP contribution in [-0.2, 0) is 9.53 Å². The van der Waals surface area contributed by atoms with Crippen molar-refractivity contribution in [3.8, 4) is 5.75 Å². The zero-order chi connectivity index (χ0) is 15.2. The van der Waals surface area contributed by atoms with Gasteiger partial charge in [-0.15, -0.1) is 25.6 Å². The molecule has 0 heterocycles. The van der Waals surface area contributed by atoms with Crippen LogP contribution in [0.4, 0.5) is 18.9 Å². The predicted molar refractivity (Wildman–Crippen MR) is 73.5 cm³/mol. The van der Waals surface area contributed by atoms with E-state index in [9.17, 15) is 18.0 Å². The molecule has 1 amide bonds. The number of halogens is 4. The molecule has 21 heavy (non-hydrogen) atoms. The Bertz CT molecular complexity index is 454. The van der Waals surface area contributed by atoms with Gasteiger partial charge in [0.1, 0.15) is 5.75 Å². The molecule has 0 aliphatic rings. The van der Waals surface area contributed by atoms with Gasteiger partial charge in [-0.05, 0) is 12.1 Å². The molecular formula is C12H16ClF3N2O3. The first-order chi connectivity index (χ1) is 9.34. The van der Waals surface area contributed by atoms with E-state index in [1.54, 1.807) is 0 Å². The Hall–Kier alpha value is -1.51. The summed E-state index contributed by atoms with van der Waals surface area (Å²) in [5.74, 6) is -0.816. The lowest BCUT2D eigenvalue weighted by Gasteiger charge is -2.13. The number of carbonyl (C=O) groups excluding carboxylic acids is 1. The molecule has 0 fully saturated rings. The van der Waals surface area contributed by atoms with Crippen molar-refractivity contribution in [1.29, 1.82) is 0 Å². The van der Waals surface area contributed by atoms with Crippen LogP contribution in [0, 0.1) is 0 Å². The van der Waals surface area contributed by atoms with E-state index in [-0.39, 0.29) is 31.1 Å². The highest BCUT2D eigenvalue weighted by Crippen LogP contribution is 2.25. The van der Waals surface area contributed by atoms with Gasteiger partial charge < -0.3 is 20.5 Å². The third kappa shape index (κ3) is 7.74. The molecule has 0 saturated carbocycles. The second-order valence-electron chi connectivity index (χ2n) is 3.92. The van der Waals surface area contributed by atoms with E-state index in [2.05, 4.69) is 10.1 Å². The zero-order valence-corrected chi connectivity index (χ0v) is 12.0. The van der Waals surface area contributed by atoms with Gasteiger partial charge in [-0.2, -0.15) is 0 Å². The first kappa shape index (κ1) is 19.5. The molecule has 0 bridgehead atoms. The number of benzene rings is 1. The van der Waals surface area contributed by atoms with Crippen molar-refractivity contribution in [2.45, 2.75) is 18.9 Å². The number of alkyl halides is 3. The number of hydrogen-bond donors (Lipinski definition) is 2. The molecule has 1 unspecified atom stereocenters. The van der Waals surface area contributed by atoms with Gasteiger partial charge in [-0.1, -0.05) is 6.07 Å². The summed E-state index contributed by atoms with van der Waals surface area (Å²) in [5, 5.41) is 2.45. The molecule has 1 rings (SSSR count). The second-order valence-corrected chi connectivity index (χ2v) is 3.92. The summed E-state index contributed by atoms with van der Waals surface area (Å²) in [5.41, 5.74) is 5.57. The quantitative estimate of drug-likeness (QED) is 0.840. The number of anilines is 1. The number of amides is 1. The smallest absolute Gasteiger partial charge is 0.406 e. The molecule has 1 atom stereocenters. The van der Waals surface area contributed by atoms with E-state index in [0.29, 0.717) is 0 Å². The van der Waals surface area contributed by atoms with Gasteiger partial charge in [0.25, 0.3) is 0 Å². The number of ether oxygens (including phenoxy) is 2. The Morgan fingerprint density at radius 3 is 2.62 bits per heavy atom. The van der Waals surface area contributed by atoms with Gasteiger partial charge in [0.2, 0.25) is 5.91 Å². The molecule has 0 spiro atoms. The fraction of sp³-hybridized carbons (Fsp3) is 0.417. The van der Waals surface area contributed by atoms with Crippen molar-refractivity contribution >= 4 is 24.0 Å². The molecule has 9 heteroatoms. The normalized spacial score (nSPS) is 12.2. The van der Waals surface area contributed by atoms with Crippen LogP contribution in [0.15, 0.2) is 24.3 Å². The lowest BCUT2D eigenvalue weighted by atomic mass is 10.2. The van der Waals surface area contributed by atoms with Crippen LogP contribution in [0.3, 0.4) is 0 Å². The molecule has 3 N–H and O–H groups in total. The van der Waals surface area contributed by atoms with Crippen molar-refractivity contribution in [3.05, 3.63) is 24.3 Å². The summed E-state index contributed by atoms with van der Waals surface area (Å²) in [7, 11) is 1.42. The summed E-state index contributed by atoms with van der Waals surface area (Å²) < 4.78 is 44.9. The highest BCUT2D eigenvalue weighted by atomic mass is 35.5. The van der Waals surface area contributed by atoms with Gasteiger partial charge in [-0.25, -0.2) is 0 Å². The lowest BCUT2D eigenvalue weighted by molar-refractivity contribution is -0.274. The van der Waals surface area contributed by atoms with Crippen molar-refractivity contribution in [1.82, 2.24) is 0 Å². The molecular weight excluding hydrogens is 313 g/mol. The van der Waals surface area contributed by atoms with E-state index in [1.807, 2.05) is 0 Å². The molecule has 0 aliphatic heterocycles. The predicted octanol–water partition coefficient (Wildman–Crippen LogP) is 2.31. The molecule has 1 aromatic rings. The maximum absolute atomic E-state index is 12.1. The molecule has 1 aromatic carbocycles. The van der Waals surface area contributed by atoms with Gasteiger partial charge in [-0.3, -0.25) is 4.79 Å². The topological polar surface area (TPSA) is 73.6 Å². The average molecular weight is 329 g/mol. The monoisotopic (exact) mass is 328 g/mol. The SMILES string of the molecule is COC(CN)CC(=O)Nc1cccc(OC(F)(F)F)c1.Cl. The molecule has 120 valence electrons. The average Bonchev–Trinajstić information content (AvgIpc) is 2.34. The van der Waals surface area contributed by atoms with Crippen LogP contribution >= 0.6 is 12.4 Å². The minimum Gasteiger partial charge on any atom is -0.406 e. The Morgan fingerprint density at radius 1 is 1.43 bits per heavy atom. The lowest BCUT2D eigenvalue weighted by Crippen LogP contribution is -2.28. The van der Waals surface area contributed by atoms with Gasteiger partial charge in [0.15, 0.2) is 0 Å². The second kappa shape index (κ2) is 8.71. The maximum atomic E-state index is 12.1. The number of carbonyl (C=O) groups is 1. The Balaban J connectivity index is 0.00000400. The number of methoxy groups -OCH3 is 1. The van der Waals surface area contributed by atoms with Crippen molar-refractivity contribution in [2.75, 3.05) is 19.0 Å². The number of nitrogens with two attached hydrogens (primary N) is 1. The van der Waals surface area contributed by atoms with Crippen LogP contribution in [0.2, 0.25) is 0 Å². The molecule has 0 saturated heterocycles. The third-order valence-corrected chi connectivity index (χ3v) is 2.36. The van der Waals surface area contributed by atoms with E-state index < -0.39 is 24.1 Å². The number of nitrogens with one attached hydrogen (secondary N) is 1. The van der Waals surface area contributed by atoms with E-state index in [0.717, 1.165) is 12.1 Å². The minimum absolute atomic E-state index is 0. The first-order valence-corrected chi connectivity index (χ1v) is 5.72. The van der Waals surface area contributed by atoms with Crippen LogP contribution in [0.1, 0.15) is 6.42 Å². The third-order valence-electron chi connectivity index (χ3n) is 2.36. The number of rotatable bonds is 6. The van der Waals surface area contributed by atoms with Crippen LogP contribution in [0.25, 0.3) is 0 Å². The minimum atomic E-state index is -4.77. The van der Waals surface area contributed by atoms with E-state index in [1.165, 1.54) is 19.2 Å².